The summed E-state index contributed by atoms with van der Waals surface area (Å²) in [6, 6.07) is 3.98. The molecule has 23 heavy (non-hydrogen) atoms. The summed E-state index contributed by atoms with van der Waals surface area (Å²) in [5, 5.41) is 6.04. The van der Waals surface area contributed by atoms with Crippen LogP contribution in [0.1, 0.15) is 56.9 Å². The van der Waals surface area contributed by atoms with Crippen LogP contribution < -0.4 is 10.6 Å². The van der Waals surface area contributed by atoms with Gasteiger partial charge in [0.25, 0.3) is 0 Å². The molecule has 0 bridgehead atoms. The molecule has 5 nitrogen and oxygen atoms in total. The van der Waals surface area contributed by atoms with Crippen molar-refractivity contribution in [3.05, 3.63) is 30.1 Å². The number of amides is 2. The Bertz CT molecular complexity index is 547. The van der Waals surface area contributed by atoms with Crippen molar-refractivity contribution < 1.29 is 9.59 Å². The average Bonchev–Trinajstić information content (AvgIpc) is 3.39. The molecule has 5 heteroatoms. The van der Waals surface area contributed by atoms with Gasteiger partial charge in [0.1, 0.15) is 5.41 Å². The Kier molecular flexibility index (Phi) is 4.94. The number of hydrogen-bond donors (Lipinski definition) is 2. The lowest BCUT2D eigenvalue weighted by Gasteiger charge is -2.21. The van der Waals surface area contributed by atoms with E-state index in [1.165, 1.54) is 25.7 Å². The minimum atomic E-state index is -0.820. The Morgan fingerprint density at radius 1 is 1.04 bits per heavy atom. The predicted molar refractivity (Wildman–Crippen MR) is 87.4 cm³/mol. The first-order valence-electron chi connectivity index (χ1n) is 8.69. The molecule has 0 unspecified atom stereocenters. The standard InChI is InChI=1S/C18H25N3O2/c22-16(20-13-14-7-11-19-12-8-14)18(9-10-18)17(23)21-15-5-3-1-2-4-6-15/h7-8,11-12,15H,1-6,9-10,13H2,(H,20,22)(H,21,23). The van der Waals surface area contributed by atoms with E-state index in [2.05, 4.69) is 15.6 Å². The van der Waals surface area contributed by atoms with Crippen LogP contribution in [0.5, 0.6) is 0 Å². The number of nitrogens with zero attached hydrogens (tertiary/aromatic N) is 1. The molecule has 2 aliphatic rings. The zero-order valence-electron chi connectivity index (χ0n) is 13.5. The molecule has 1 aromatic heterocycles. The quantitative estimate of drug-likeness (QED) is 0.647. The maximum atomic E-state index is 12.6. The van der Waals surface area contributed by atoms with Crippen LogP contribution in [-0.4, -0.2) is 22.8 Å². The number of hydrogen-bond acceptors (Lipinski definition) is 3. The maximum absolute atomic E-state index is 12.6. The second-order valence-electron chi connectivity index (χ2n) is 6.78. The van der Waals surface area contributed by atoms with E-state index in [0.29, 0.717) is 19.4 Å². The highest BCUT2D eigenvalue weighted by Crippen LogP contribution is 2.46. The highest BCUT2D eigenvalue weighted by molar-refractivity contribution is 6.07. The summed E-state index contributed by atoms with van der Waals surface area (Å²) in [7, 11) is 0. The van der Waals surface area contributed by atoms with Crippen LogP contribution in [0, 0.1) is 5.41 Å². The van der Waals surface area contributed by atoms with Crippen molar-refractivity contribution in [3.8, 4) is 0 Å². The van der Waals surface area contributed by atoms with Gasteiger partial charge in [-0.1, -0.05) is 25.7 Å². The fraction of sp³-hybridized carbons (Fsp3) is 0.611. The lowest BCUT2D eigenvalue weighted by Crippen LogP contribution is -2.46. The number of carbonyl (C=O) groups is 2. The molecular weight excluding hydrogens is 290 g/mol. The Morgan fingerprint density at radius 3 is 2.30 bits per heavy atom. The van der Waals surface area contributed by atoms with E-state index in [1.807, 2.05) is 12.1 Å². The second kappa shape index (κ2) is 7.11. The van der Waals surface area contributed by atoms with Gasteiger partial charge in [0, 0.05) is 25.0 Å². The summed E-state index contributed by atoms with van der Waals surface area (Å²) < 4.78 is 0. The lowest BCUT2D eigenvalue weighted by atomic mass is 10.0. The average molecular weight is 315 g/mol. The predicted octanol–water partition coefficient (Wildman–Crippen LogP) is 2.32. The molecule has 3 rings (SSSR count). The first-order valence-corrected chi connectivity index (χ1v) is 8.69. The molecule has 0 atom stereocenters. The van der Waals surface area contributed by atoms with E-state index >= 15 is 0 Å². The van der Waals surface area contributed by atoms with Crippen LogP contribution in [0.25, 0.3) is 0 Å². The van der Waals surface area contributed by atoms with Gasteiger partial charge in [0.15, 0.2) is 0 Å². The number of nitrogens with one attached hydrogen (secondary N) is 2. The summed E-state index contributed by atoms with van der Waals surface area (Å²) >= 11 is 0. The normalized spacial score (nSPS) is 20.3. The van der Waals surface area contributed by atoms with Crippen molar-refractivity contribution >= 4 is 11.8 Å². The Balaban J connectivity index is 1.53. The molecule has 0 spiro atoms. The van der Waals surface area contributed by atoms with E-state index in [4.69, 9.17) is 0 Å². The van der Waals surface area contributed by atoms with E-state index in [1.54, 1.807) is 12.4 Å². The van der Waals surface area contributed by atoms with Crippen LogP contribution in [0.3, 0.4) is 0 Å². The Hall–Kier alpha value is -1.91. The van der Waals surface area contributed by atoms with Gasteiger partial charge in [-0.15, -0.1) is 0 Å². The fourth-order valence-corrected chi connectivity index (χ4v) is 3.28. The molecule has 0 saturated heterocycles. The topological polar surface area (TPSA) is 71.1 Å². The van der Waals surface area contributed by atoms with Crippen LogP contribution in [0.2, 0.25) is 0 Å². The molecule has 0 radical (unpaired) electrons. The van der Waals surface area contributed by atoms with Crippen molar-refractivity contribution in [2.24, 2.45) is 5.41 Å². The van der Waals surface area contributed by atoms with E-state index in [9.17, 15) is 9.59 Å². The van der Waals surface area contributed by atoms with Gasteiger partial charge >= 0.3 is 0 Å². The molecule has 1 heterocycles. The van der Waals surface area contributed by atoms with Gasteiger partial charge in [-0.05, 0) is 43.4 Å². The van der Waals surface area contributed by atoms with E-state index in [0.717, 1.165) is 18.4 Å². The zero-order chi connectivity index (χ0) is 16.1. The van der Waals surface area contributed by atoms with Crippen molar-refractivity contribution in [2.75, 3.05) is 0 Å². The maximum Gasteiger partial charge on any atom is 0.235 e. The fourth-order valence-electron chi connectivity index (χ4n) is 3.28. The van der Waals surface area contributed by atoms with Crippen molar-refractivity contribution in [3.63, 3.8) is 0 Å². The molecule has 2 aliphatic carbocycles. The summed E-state index contributed by atoms with van der Waals surface area (Å²) in [5.41, 5.74) is 0.174. The summed E-state index contributed by atoms with van der Waals surface area (Å²) in [6.45, 7) is 0.444. The van der Waals surface area contributed by atoms with Gasteiger partial charge in [0.2, 0.25) is 11.8 Å². The van der Waals surface area contributed by atoms with Crippen LogP contribution in [0.4, 0.5) is 0 Å². The van der Waals surface area contributed by atoms with Crippen molar-refractivity contribution in [1.29, 1.82) is 0 Å². The van der Waals surface area contributed by atoms with Crippen LogP contribution in [0.15, 0.2) is 24.5 Å². The molecule has 2 N–H and O–H groups in total. The molecule has 124 valence electrons. The molecule has 2 saturated carbocycles. The number of rotatable bonds is 5. The summed E-state index contributed by atoms with van der Waals surface area (Å²) in [5.74, 6) is -0.211. The first kappa shape index (κ1) is 16.0. The smallest absolute Gasteiger partial charge is 0.235 e. The molecule has 1 aromatic rings. The van der Waals surface area contributed by atoms with Gasteiger partial charge in [-0.25, -0.2) is 0 Å². The van der Waals surface area contributed by atoms with E-state index in [-0.39, 0.29) is 17.9 Å². The zero-order valence-corrected chi connectivity index (χ0v) is 13.5. The highest BCUT2D eigenvalue weighted by Gasteiger charge is 2.56. The lowest BCUT2D eigenvalue weighted by molar-refractivity contribution is -0.137. The Morgan fingerprint density at radius 2 is 1.70 bits per heavy atom. The minimum Gasteiger partial charge on any atom is -0.352 e. The summed E-state index contributed by atoms with van der Waals surface area (Å²) in [4.78, 5) is 29.0. The van der Waals surface area contributed by atoms with Crippen molar-refractivity contribution in [2.45, 2.75) is 64.0 Å². The largest absolute Gasteiger partial charge is 0.352 e. The molecule has 0 aromatic carbocycles. The van der Waals surface area contributed by atoms with Crippen LogP contribution in [-0.2, 0) is 16.1 Å². The Labute approximate surface area is 137 Å². The number of pyridine rings is 1. The van der Waals surface area contributed by atoms with Gasteiger partial charge in [0.05, 0.1) is 0 Å². The van der Waals surface area contributed by atoms with E-state index < -0.39 is 5.41 Å². The van der Waals surface area contributed by atoms with Gasteiger partial charge in [-0.2, -0.15) is 0 Å². The SMILES string of the molecule is O=C(NCc1ccncc1)C1(C(=O)NC2CCCCCC2)CC1. The molecule has 2 amide bonds. The highest BCUT2D eigenvalue weighted by atomic mass is 16.2. The second-order valence-corrected chi connectivity index (χ2v) is 6.78. The van der Waals surface area contributed by atoms with Gasteiger partial charge < -0.3 is 10.6 Å². The first-order chi connectivity index (χ1) is 11.2. The number of aromatic nitrogens is 1. The van der Waals surface area contributed by atoms with Crippen molar-refractivity contribution in [1.82, 2.24) is 15.6 Å². The summed E-state index contributed by atoms with van der Waals surface area (Å²) in [6.07, 6.45) is 11.7. The third-order valence-corrected chi connectivity index (χ3v) is 5.01. The third kappa shape index (κ3) is 3.89. The molecule has 2 fully saturated rings. The molecule has 0 aliphatic heterocycles. The number of carbonyl (C=O) groups excluding carboxylic acids is 2. The third-order valence-electron chi connectivity index (χ3n) is 5.01. The molecular formula is C18H25N3O2. The monoisotopic (exact) mass is 315 g/mol. The van der Waals surface area contributed by atoms with Crippen LogP contribution >= 0.6 is 0 Å². The van der Waals surface area contributed by atoms with Gasteiger partial charge in [-0.3, -0.25) is 14.6 Å². The minimum absolute atomic E-state index is 0.0726.